The molecule has 2 rings (SSSR count). The number of aliphatic imine (C=N–C) groups is 1. The lowest BCUT2D eigenvalue weighted by molar-refractivity contribution is -0.115. The van der Waals surface area contributed by atoms with Gasteiger partial charge in [0, 0.05) is 32.9 Å². The van der Waals surface area contributed by atoms with Gasteiger partial charge in [-0.2, -0.15) is 4.73 Å². The number of aromatic nitrogens is 1. The average Bonchev–Trinajstić information content (AvgIpc) is 2.47. The van der Waals surface area contributed by atoms with E-state index in [1.807, 2.05) is 38.1 Å². The van der Waals surface area contributed by atoms with Crippen molar-refractivity contribution in [2.75, 3.05) is 14.1 Å². The van der Waals surface area contributed by atoms with E-state index >= 15 is 0 Å². The molecule has 7 nitrogen and oxygen atoms in total. The van der Waals surface area contributed by atoms with Crippen LogP contribution in [-0.2, 0) is 4.79 Å². The third-order valence-electron chi connectivity index (χ3n) is 3.15. The summed E-state index contributed by atoms with van der Waals surface area (Å²) in [6.07, 6.45) is 6.83. The smallest absolute Gasteiger partial charge is 0.243 e. The summed E-state index contributed by atoms with van der Waals surface area (Å²) in [6, 6.07) is 3.52. The Balaban J connectivity index is 2.50. The second-order valence-electron chi connectivity index (χ2n) is 5.26. The Morgan fingerprint density at radius 3 is 2.57 bits per heavy atom. The Bertz CT molecular complexity index is 787. The zero-order valence-electron chi connectivity index (χ0n) is 13.6. The lowest BCUT2D eigenvalue weighted by Crippen LogP contribution is -2.22. The van der Waals surface area contributed by atoms with Gasteiger partial charge in [0.2, 0.25) is 5.91 Å². The number of carbonyl (C=O) groups excluding carboxylic acids is 1. The van der Waals surface area contributed by atoms with E-state index in [-0.39, 0.29) is 5.91 Å². The molecule has 0 bridgehead atoms. The van der Waals surface area contributed by atoms with E-state index in [4.69, 9.17) is 0 Å². The Morgan fingerprint density at radius 1 is 1.22 bits per heavy atom. The Labute approximate surface area is 134 Å². The van der Waals surface area contributed by atoms with Gasteiger partial charge in [0.05, 0.1) is 5.71 Å². The molecule has 0 spiro atoms. The van der Waals surface area contributed by atoms with Gasteiger partial charge in [-0.05, 0) is 36.8 Å². The second-order valence-corrected chi connectivity index (χ2v) is 5.26. The second kappa shape index (κ2) is 6.87. The standard InChI is InChI=1S/C16H19N5O2/c1-11-6-5-9-21(23)16(11)19-18-14-8-7-13(20(3)4)10-15(14)17-12(2)22/h5-10,23H,1-4H3/b17-15?,18-14?,19-16+. The molecule has 0 saturated heterocycles. The number of nitrogens with zero attached hydrogens (tertiary/aromatic N) is 5. The molecule has 0 aliphatic heterocycles. The highest BCUT2D eigenvalue weighted by atomic mass is 16.5. The summed E-state index contributed by atoms with van der Waals surface area (Å²) in [6.45, 7) is 3.20. The van der Waals surface area contributed by atoms with Crippen LogP contribution in [0.3, 0.4) is 0 Å². The minimum atomic E-state index is -0.314. The minimum Gasteiger partial charge on any atom is -0.427 e. The molecule has 1 aliphatic rings. The van der Waals surface area contributed by atoms with Gasteiger partial charge in [0.1, 0.15) is 5.71 Å². The Kier molecular flexibility index (Phi) is 4.90. The van der Waals surface area contributed by atoms with Gasteiger partial charge >= 0.3 is 0 Å². The maximum absolute atomic E-state index is 11.3. The van der Waals surface area contributed by atoms with Crippen molar-refractivity contribution >= 4 is 17.3 Å². The molecule has 0 radical (unpaired) electrons. The van der Waals surface area contributed by atoms with Crippen molar-refractivity contribution < 1.29 is 10.0 Å². The van der Waals surface area contributed by atoms with Gasteiger partial charge in [-0.1, -0.05) is 6.07 Å². The van der Waals surface area contributed by atoms with Gasteiger partial charge < -0.3 is 10.1 Å². The van der Waals surface area contributed by atoms with Crippen LogP contribution in [0.15, 0.2) is 57.4 Å². The van der Waals surface area contributed by atoms with Crippen LogP contribution < -0.4 is 5.49 Å². The molecule has 1 N–H and O–H groups in total. The number of likely N-dealkylation sites (N-methyl/N-ethyl adjacent to an activating group) is 1. The number of pyridine rings is 1. The van der Waals surface area contributed by atoms with Crippen molar-refractivity contribution in [1.29, 1.82) is 0 Å². The van der Waals surface area contributed by atoms with Gasteiger partial charge in [-0.25, -0.2) is 4.99 Å². The lowest BCUT2D eigenvalue weighted by Gasteiger charge is -2.17. The molecule has 1 aliphatic carbocycles. The largest absolute Gasteiger partial charge is 0.427 e. The van der Waals surface area contributed by atoms with Crippen LogP contribution in [0.1, 0.15) is 12.5 Å². The zero-order chi connectivity index (χ0) is 17.0. The van der Waals surface area contributed by atoms with Gasteiger partial charge in [0.25, 0.3) is 0 Å². The molecular weight excluding hydrogens is 294 g/mol. The first-order chi connectivity index (χ1) is 10.9. The summed E-state index contributed by atoms with van der Waals surface area (Å²) in [5, 5.41) is 18.0. The van der Waals surface area contributed by atoms with Crippen molar-refractivity contribution in [3.05, 3.63) is 53.3 Å². The van der Waals surface area contributed by atoms with E-state index in [9.17, 15) is 10.0 Å². The minimum absolute atomic E-state index is 0.314. The maximum Gasteiger partial charge on any atom is 0.243 e. The lowest BCUT2D eigenvalue weighted by atomic mass is 10.1. The van der Waals surface area contributed by atoms with Gasteiger partial charge in [0.15, 0.2) is 5.49 Å². The summed E-state index contributed by atoms with van der Waals surface area (Å²) < 4.78 is 0.898. The Morgan fingerprint density at radius 2 is 1.96 bits per heavy atom. The van der Waals surface area contributed by atoms with Crippen molar-refractivity contribution in [2.45, 2.75) is 13.8 Å². The number of allylic oxidation sites excluding steroid dienone is 3. The third kappa shape index (κ3) is 4.03. The molecule has 23 heavy (non-hydrogen) atoms. The SMILES string of the molecule is CC(=O)N=C1C=C(N(C)C)C=CC1=N/N=c1\c(C)cccn1O. The number of aryl methyl sites for hydroxylation is 1. The van der Waals surface area contributed by atoms with Crippen LogP contribution in [0, 0.1) is 6.92 Å². The number of hydrogen-bond donors (Lipinski definition) is 1. The van der Waals surface area contributed by atoms with Crippen LogP contribution in [0.2, 0.25) is 0 Å². The van der Waals surface area contributed by atoms with E-state index in [2.05, 4.69) is 15.2 Å². The van der Waals surface area contributed by atoms with Crippen LogP contribution in [0.5, 0.6) is 0 Å². The number of rotatable bonds is 2. The fourth-order valence-corrected chi connectivity index (χ4v) is 1.95. The highest BCUT2D eigenvalue weighted by molar-refractivity contribution is 6.52. The molecule has 0 saturated carbocycles. The van der Waals surface area contributed by atoms with Crippen LogP contribution in [0.25, 0.3) is 0 Å². The molecule has 0 fully saturated rings. The molecule has 1 aromatic rings. The topological polar surface area (TPSA) is 82.5 Å². The molecule has 120 valence electrons. The molecule has 7 heteroatoms. The summed E-state index contributed by atoms with van der Waals surface area (Å²) >= 11 is 0. The van der Waals surface area contributed by atoms with Gasteiger partial charge in [-0.15, -0.1) is 10.2 Å². The van der Waals surface area contributed by atoms with E-state index < -0.39 is 0 Å². The third-order valence-corrected chi connectivity index (χ3v) is 3.15. The van der Waals surface area contributed by atoms with Crippen LogP contribution in [-0.4, -0.2) is 46.3 Å². The quantitative estimate of drug-likeness (QED) is 0.507. The molecule has 1 heterocycles. The first-order valence-corrected chi connectivity index (χ1v) is 7.04. The highest BCUT2D eigenvalue weighted by Crippen LogP contribution is 2.09. The number of amides is 1. The van der Waals surface area contributed by atoms with E-state index in [0.717, 1.165) is 16.0 Å². The first-order valence-electron chi connectivity index (χ1n) is 7.04. The van der Waals surface area contributed by atoms with Crippen LogP contribution in [0.4, 0.5) is 0 Å². The maximum atomic E-state index is 11.3. The van der Waals surface area contributed by atoms with E-state index in [1.165, 1.54) is 13.1 Å². The summed E-state index contributed by atoms with van der Waals surface area (Å²) in [5.74, 6) is -0.314. The fraction of sp³-hybridized carbons (Fsp3) is 0.250. The fourth-order valence-electron chi connectivity index (χ4n) is 1.95. The molecular formula is C16H19N5O2. The normalized spacial score (nSPS) is 18.4. The van der Waals surface area contributed by atoms with Crippen LogP contribution >= 0.6 is 0 Å². The van der Waals surface area contributed by atoms with E-state index in [1.54, 1.807) is 18.2 Å². The van der Waals surface area contributed by atoms with Crippen molar-refractivity contribution in [3.8, 4) is 0 Å². The molecule has 1 aromatic heterocycles. The predicted molar refractivity (Wildman–Crippen MR) is 88.4 cm³/mol. The highest BCUT2D eigenvalue weighted by Gasteiger charge is 2.12. The molecule has 0 aromatic carbocycles. The van der Waals surface area contributed by atoms with Crippen molar-refractivity contribution in [1.82, 2.24) is 9.63 Å². The van der Waals surface area contributed by atoms with Crippen molar-refractivity contribution in [2.24, 2.45) is 15.2 Å². The average molecular weight is 313 g/mol. The zero-order valence-corrected chi connectivity index (χ0v) is 13.6. The molecule has 0 unspecified atom stereocenters. The molecule has 0 atom stereocenters. The monoisotopic (exact) mass is 313 g/mol. The number of carbonyl (C=O) groups is 1. The number of hydrogen-bond acceptors (Lipinski definition) is 5. The summed E-state index contributed by atoms with van der Waals surface area (Å²) in [5.41, 5.74) is 2.88. The Hall–Kier alpha value is -2.96. The first kappa shape index (κ1) is 16.4. The molecule has 1 amide bonds. The summed E-state index contributed by atoms with van der Waals surface area (Å²) in [7, 11) is 3.80. The van der Waals surface area contributed by atoms with Crippen molar-refractivity contribution in [3.63, 3.8) is 0 Å². The summed E-state index contributed by atoms with van der Waals surface area (Å²) in [4.78, 5) is 17.2. The van der Waals surface area contributed by atoms with Gasteiger partial charge in [-0.3, -0.25) is 4.79 Å². The van der Waals surface area contributed by atoms with E-state index in [0.29, 0.717) is 16.9 Å². The predicted octanol–water partition coefficient (Wildman–Crippen LogP) is 1.29.